The van der Waals surface area contributed by atoms with Gasteiger partial charge in [0.15, 0.2) is 0 Å². The number of hydrogen-bond donors (Lipinski definition) is 0. The average Bonchev–Trinajstić information content (AvgIpc) is 2.41. The highest BCUT2D eigenvalue weighted by Gasteiger charge is 2.17. The number of ether oxygens (including phenoxy) is 1. The molecule has 1 heterocycles. The molecule has 0 aliphatic carbocycles. The van der Waals surface area contributed by atoms with E-state index in [0.717, 1.165) is 18.2 Å². The Hall–Kier alpha value is -3.01. The molecular weight excluding hydrogens is 253 g/mol. The number of halogens is 1. The fourth-order valence-corrected chi connectivity index (χ4v) is 1.38. The third-order valence-electron chi connectivity index (χ3n) is 2.19. The zero-order valence-corrected chi connectivity index (χ0v) is 9.41. The van der Waals surface area contributed by atoms with Gasteiger partial charge in [0.05, 0.1) is 11.0 Å². The van der Waals surface area contributed by atoms with Gasteiger partial charge in [0.2, 0.25) is 5.75 Å². The van der Waals surface area contributed by atoms with Crippen molar-refractivity contribution in [1.29, 1.82) is 5.26 Å². The number of pyridine rings is 1. The third kappa shape index (κ3) is 2.81. The second-order valence-corrected chi connectivity index (χ2v) is 3.46. The maximum absolute atomic E-state index is 13.0. The van der Waals surface area contributed by atoms with Crippen LogP contribution >= 0.6 is 0 Å². The molecule has 6 nitrogen and oxygen atoms in total. The predicted molar refractivity (Wildman–Crippen MR) is 62.1 cm³/mol. The largest absolute Gasteiger partial charge is 0.450 e. The Morgan fingerprint density at radius 1 is 1.37 bits per heavy atom. The van der Waals surface area contributed by atoms with Crippen LogP contribution in [-0.4, -0.2) is 9.91 Å². The lowest BCUT2D eigenvalue weighted by Crippen LogP contribution is -1.95. The van der Waals surface area contributed by atoms with Crippen LogP contribution in [0.25, 0.3) is 0 Å². The van der Waals surface area contributed by atoms with Crippen molar-refractivity contribution >= 4 is 5.69 Å². The minimum Gasteiger partial charge on any atom is -0.450 e. The Labute approximate surface area is 106 Å². The Balaban J connectivity index is 2.38. The van der Waals surface area contributed by atoms with Crippen molar-refractivity contribution in [2.75, 3.05) is 0 Å². The lowest BCUT2D eigenvalue weighted by atomic mass is 10.3. The molecule has 0 N–H and O–H groups in total. The summed E-state index contributed by atoms with van der Waals surface area (Å²) in [6.07, 6.45) is 1.34. The molecule has 2 rings (SSSR count). The van der Waals surface area contributed by atoms with Crippen LogP contribution in [0, 0.1) is 27.3 Å². The molecule has 0 spiro atoms. The fraction of sp³-hybridized carbons (Fsp3) is 0. The van der Waals surface area contributed by atoms with E-state index in [1.165, 1.54) is 18.3 Å². The van der Waals surface area contributed by atoms with Gasteiger partial charge < -0.3 is 4.74 Å². The van der Waals surface area contributed by atoms with E-state index in [-0.39, 0.29) is 17.2 Å². The van der Waals surface area contributed by atoms with Crippen LogP contribution in [0.5, 0.6) is 11.5 Å². The summed E-state index contributed by atoms with van der Waals surface area (Å²) in [4.78, 5) is 13.8. The van der Waals surface area contributed by atoms with Gasteiger partial charge in [-0.05, 0) is 18.2 Å². The molecule has 0 unspecified atom stereocenters. The smallest absolute Gasteiger partial charge is 0.314 e. The van der Waals surface area contributed by atoms with Crippen molar-refractivity contribution in [2.45, 2.75) is 0 Å². The van der Waals surface area contributed by atoms with Gasteiger partial charge in [-0.15, -0.1) is 0 Å². The normalized spacial score (nSPS) is 9.68. The standard InChI is InChI=1S/C12H6FN3O3/c13-8-1-2-12(11(5-8)16(17)18)19-10-3-4-15-9(6-10)7-14/h1-6H. The number of nitriles is 1. The van der Waals surface area contributed by atoms with Crippen molar-refractivity contribution in [3.63, 3.8) is 0 Å². The molecule has 0 radical (unpaired) electrons. The zero-order chi connectivity index (χ0) is 13.8. The van der Waals surface area contributed by atoms with E-state index >= 15 is 0 Å². The van der Waals surface area contributed by atoms with E-state index in [1.54, 1.807) is 0 Å². The van der Waals surface area contributed by atoms with Gasteiger partial charge in [-0.25, -0.2) is 9.37 Å². The number of nitro benzene ring substituents is 1. The van der Waals surface area contributed by atoms with Crippen molar-refractivity contribution in [3.8, 4) is 17.6 Å². The Bertz CT molecular complexity index is 682. The highest BCUT2D eigenvalue weighted by Crippen LogP contribution is 2.31. The molecule has 0 amide bonds. The summed E-state index contributed by atoms with van der Waals surface area (Å²) in [5, 5.41) is 19.5. The number of nitrogens with zero attached hydrogens (tertiary/aromatic N) is 3. The first-order valence-corrected chi connectivity index (χ1v) is 5.08. The van der Waals surface area contributed by atoms with E-state index < -0.39 is 16.4 Å². The summed E-state index contributed by atoms with van der Waals surface area (Å²) in [5.41, 5.74) is -0.377. The average molecular weight is 259 g/mol. The maximum atomic E-state index is 13.0. The molecule has 0 atom stereocenters. The summed E-state index contributed by atoms with van der Waals surface area (Å²) in [6.45, 7) is 0. The van der Waals surface area contributed by atoms with Crippen molar-refractivity contribution in [1.82, 2.24) is 4.98 Å². The molecule has 0 saturated carbocycles. The molecule has 1 aromatic carbocycles. The number of benzene rings is 1. The lowest BCUT2D eigenvalue weighted by Gasteiger charge is -2.06. The number of hydrogen-bond acceptors (Lipinski definition) is 5. The first kappa shape index (κ1) is 12.4. The third-order valence-corrected chi connectivity index (χ3v) is 2.19. The molecule has 7 heteroatoms. The predicted octanol–water partition coefficient (Wildman–Crippen LogP) is 2.79. The van der Waals surface area contributed by atoms with Crippen LogP contribution in [-0.2, 0) is 0 Å². The van der Waals surface area contributed by atoms with Crippen molar-refractivity contribution in [3.05, 3.63) is 58.2 Å². The van der Waals surface area contributed by atoms with Gasteiger partial charge in [0.1, 0.15) is 23.3 Å². The first-order chi connectivity index (χ1) is 9.10. The van der Waals surface area contributed by atoms with Gasteiger partial charge in [-0.1, -0.05) is 0 Å². The second kappa shape index (κ2) is 5.10. The molecule has 0 bridgehead atoms. The van der Waals surface area contributed by atoms with Crippen LogP contribution in [0.4, 0.5) is 10.1 Å². The molecule has 1 aromatic heterocycles. The molecule has 94 valence electrons. The summed E-state index contributed by atoms with van der Waals surface area (Å²) >= 11 is 0. The van der Waals surface area contributed by atoms with Gasteiger partial charge in [0, 0.05) is 12.3 Å². The first-order valence-electron chi connectivity index (χ1n) is 5.08. The van der Waals surface area contributed by atoms with E-state index in [4.69, 9.17) is 10.00 Å². The highest BCUT2D eigenvalue weighted by molar-refractivity contribution is 5.48. The molecule has 0 aliphatic rings. The Morgan fingerprint density at radius 2 is 2.16 bits per heavy atom. The van der Waals surface area contributed by atoms with E-state index in [9.17, 15) is 14.5 Å². The molecule has 0 aliphatic heterocycles. The number of aromatic nitrogens is 1. The minimum absolute atomic E-state index is 0.110. The van der Waals surface area contributed by atoms with Crippen molar-refractivity contribution < 1.29 is 14.1 Å². The number of nitro groups is 1. The van der Waals surface area contributed by atoms with Crippen LogP contribution in [0.2, 0.25) is 0 Å². The quantitative estimate of drug-likeness (QED) is 0.624. The monoisotopic (exact) mass is 259 g/mol. The van der Waals surface area contributed by atoms with Gasteiger partial charge in [-0.2, -0.15) is 5.26 Å². The summed E-state index contributed by atoms with van der Waals surface area (Å²) in [6, 6.07) is 7.55. The SMILES string of the molecule is N#Cc1cc(Oc2ccc(F)cc2[N+](=O)[O-])ccn1. The van der Waals surface area contributed by atoms with Crippen LogP contribution < -0.4 is 4.74 Å². The van der Waals surface area contributed by atoms with E-state index in [1.807, 2.05) is 6.07 Å². The maximum Gasteiger partial charge on any atom is 0.314 e. The molecule has 2 aromatic rings. The summed E-state index contributed by atoms with van der Waals surface area (Å²) in [7, 11) is 0. The van der Waals surface area contributed by atoms with E-state index in [0.29, 0.717) is 0 Å². The highest BCUT2D eigenvalue weighted by atomic mass is 19.1. The van der Waals surface area contributed by atoms with Gasteiger partial charge >= 0.3 is 5.69 Å². The molecular formula is C12H6FN3O3. The molecule has 0 saturated heterocycles. The zero-order valence-electron chi connectivity index (χ0n) is 9.41. The topological polar surface area (TPSA) is 89.0 Å². The van der Waals surface area contributed by atoms with Gasteiger partial charge in [-0.3, -0.25) is 10.1 Å². The minimum atomic E-state index is -0.745. The lowest BCUT2D eigenvalue weighted by molar-refractivity contribution is -0.385. The van der Waals surface area contributed by atoms with Gasteiger partial charge in [0.25, 0.3) is 0 Å². The number of rotatable bonds is 3. The van der Waals surface area contributed by atoms with E-state index in [2.05, 4.69) is 4.98 Å². The van der Waals surface area contributed by atoms with Crippen LogP contribution in [0.1, 0.15) is 5.69 Å². The molecule has 0 fully saturated rings. The Morgan fingerprint density at radius 3 is 2.84 bits per heavy atom. The fourth-order valence-electron chi connectivity index (χ4n) is 1.38. The van der Waals surface area contributed by atoms with Crippen LogP contribution in [0.15, 0.2) is 36.5 Å². The van der Waals surface area contributed by atoms with Crippen LogP contribution in [0.3, 0.4) is 0 Å². The summed E-state index contributed by atoms with van der Waals surface area (Å²) in [5.74, 6) is -0.630. The van der Waals surface area contributed by atoms with Crippen molar-refractivity contribution in [2.24, 2.45) is 0 Å². The Kier molecular flexibility index (Phi) is 3.34. The molecule has 19 heavy (non-hydrogen) atoms. The second-order valence-electron chi connectivity index (χ2n) is 3.46. The summed E-state index contributed by atoms with van der Waals surface area (Å²) < 4.78 is 18.2.